The first-order valence-corrected chi connectivity index (χ1v) is 10.1. The van der Waals surface area contributed by atoms with Crippen molar-refractivity contribution >= 4 is 56.3 Å². The molecule has 0 aliphatic carbocycles. The van der Waals surface area contributed by atoms with Crippen LogP contribution in [0.5, 0.6) is 0 Å². The Bertz CT molecular complexity index is 1110. The van der Waals surface area contributed by atoms with E-state index in [9.17, 15) is 14.4 Å². The maximum atomic E-state index is 12.6. The normalized spacial score (nSPS) is 16.3. The van der Waals surface area contributed by atoms with Gasteiger partial charge in [0.1, 0.15) is 0 Å². The summed E-state index contributed by atoms with van der Waals surface area (Å²) in [5.41, 5.74) is 2.91. The zero-order chi connectivity index (χ0) is 20.5. The minimum Gasteiger partial charge on any atom is -0.326 e. The van der Waals surface area contributed by atoms with Crippen molar-refractivity contribution in [3.63, 3.8) is 0 Å². The SMILES string of the molecule is CC(=O)Nc1ccc(NC(=O)C2CC(=O)N(c3ccc4sc(C)nc4c3)C2)cc1. The molecule has 1 aromatic heterocycles. The summed E-state index contributed by atoms with van der Waals surface area (Å²) in [4.78, 5) is 42.4. The summed E-state index contributed by atoms with van der Waals surface area (Å²) in [5.74, 6) is -0.848. The van der Waals surface area contributed by atoms with E-state index in [2.05, 4.69) is 15.6 Å². The summed E-state index contributed by atoms with van der Waals surface area (Å²) >= 11 is 1.61. The lowest BCUT2D eigenvalue weighted by Crippen LogP contribution is -2.28. The van der Waals surface area contributed by atoms with Crippen molar-refractivity contribution < 1.29 is 14.4 Å². The van der Waals surface area contributed by atoms with Gasteiger partial charge in [0, 0.05) is 37.0 Å². The van der Waals surface area contributed by atoms with Crippen LogP contribution >= 0.6 is 11.3 Å². The number of fused-ring (bicyclic) bond motifs is 1. The number of carbonyl (C=O) groups is 3. The third-order valence-corrected chi connectivity index (χ3v) is 5.71. The fraction of sp³-hybridized carbons (Fsp3) is 0.238. The molecule has 7 nitrogen and oxygen atoms in total. The van der Waals surface area contributed by atoms with E-state index in [0.717, 1.165) is 20.9 Å². The van der Waals surface area contributed by atoms with Gasteiger partial charge in [0.05, 0.1) is 21.1 Å². The third-order valence-electron chi connectivity index (χ3n) is 4.76. The number of aromatic nitrogens is 1. The van der Waals surface area contributed by atoms with Crippen molar-refractivity contribution in [3.05, 3.63) is 47.5 Å². The average molecular weight is 408 g/mol. The number of amides is 3. The number of rotatable bonds is 4. The molecule has 0 spiro atoms. The van der Waals surface area contributed by atoms with Crippen LogP contribution in [0.25, 0.3) is 10.2 Å². The molecule has 2 heterocycles. The molecule has 2 aromatic carbocycles. The monoisotopic (exact) mass is 408 g/mol. The van der Waals surface area contributed by atoms with E-state index in [1.165, 1.54) is 6.92 Å². The minimum absolute atomic E-state index is 0.0718. The standard InChI is InChI=1S/C21H20N4O3S/c1-12(26)22-15-3-5-16(6-4-15)24-21(28)14-9-20(27)25(11-14)17-7-8-19-18(10-17)23-13(2)29-19/h3-8,10,14H,9,11H2,1-2H3,(H,22,26)(H,24,28). The highest BCUT2D eigenvalue weighted by Gasteiger charge is 2.35. The summed E-state index contributed by atoms with van der Waals surface area (Å²) in [5, 5.41) is 6.50. The first-order chi connectivity index (χ1) is 13.9. The molecule has 3 aromatic rings. The van der Waals surface area contributed by atoms with E-state index in [1.807, 2.05) is 25.1 Å². The van der Waals surface area contributed by atoms with Crippen molar-refractivity contribution in [2.24, 2.45) is 5.92 Å². The number of anilines is 3. The largest absolute Gasteiger partial charge is 0.326 e. The van der Waals surface area contributed by atoms with Crippen molar-refractivity contribution in [3.8, 4) is 0 Å². The number of nitrogens with zero attached hydrogens (tertiary/aromatic N) is 2. The van der Waals surface area contributed by atoms with Gasteiger partial charge in [-0.3, -0.25) is 14.4 Å². The van der Waals surface area contributed by atoms with Crippen LogP contribution < -0.4 is 15.5 Å². The van der Waals surface area contributed by atoms with Gasteiger partial charge in [0.25, 0.3) is 0 Å². The smallest absolute Gasteiger partial charge is 0.229 e. The molecule has 4 rings (SSSR count). The van der Waals surface area contributed by atoms with Crippen LogP contribution in [-0.2, 0) is 14.4 Å². The maximum Gasteiger partial charge on any atom is 0.229 e. The number of benzene rings is 2. The van der Waals surface area contributed by atoms with Crippen molar-refractivity contribution in [2.75, 3.05) is 22.1 Å². The van der Waals surface area contributed by atoms with Crippen LogP contribution in [0.2, 0.25) is 0 Å². The highest BCUT2D eigenvalue weighted by Crippen LogP contribution is 2.30. The Morgan fingerprint density at radius 1 is 1.10 bits per heavy atom. The molecule has 0 bridgehead atoms. The van der Waals surface area contributed by atoms with Gasteiger partial charge >= 0.3 is 0 Å². The molecule has 8 heteroatoms. The van der Waals surface area contributed by atoms with Gasteiger partial charge in [-0.05, 0) is 49.4 Å². The number of aryl methyl sites for hydroxylation is 1. The lowest BCUT2D eigenvalue weighted by atomic mass is 10.1. The lowest BCUT2D eigenvalue weighted by molar-refractivity contribution is -0.122. The number of hydrogen-bond acceptors (Lipinski definition) is 5. The van der Waals surface area contributed by atoms with Gasteiger partial charge in [0.15, 0.2) is 0 Å². The number of nitrogens with one attached hydrogen (secondary N) is 2. The van der Waals surface area contributed by atoms with Gasteiger partial charge in [-0.2, -0.15) is 0 Å². The maximum absolute atomic E-state index is 12.6. The molecular formula is C21H20N4O3S. The molecule has 1 unspecified atom stereocenters. The van der Waals surface area contributed by atoms with Gasteiger partial charge < -0.3 is 15.5 Å². The van der Waals surface area contributed by atoms with Gasteiger partial charge in [0.2, 0.25) is 17.7 Å². The van der Waals surface area contributed by atoms with E-state index < -0.39 is 5.92 Å². The van der Waals surface area contributed by atoms with Crippen LogP contribution in [-0.4, -0.2) is 29.3 Å². The first kappa shape index (κ1) is 19.1. The number of hydrogen-bond donors (Lipinski definition) is 2. The van der Waals surface area contributed by atoms with Crippen LogP contribution in [0.1, 0.15) is 18.4 Å². The van der Waals surface area contributed by atoms with Gasteiger partial charge in [-0.1, -0.05) is 0 Å². The zero-order valence-corrected chi connectivity index (χ0v) is 16.9. The van der Waals surface area contributed by atoms with E-state index in [1.54, 1.807) is 40.5 Å². The quantitative estimate of drug-likeness (QED) is 0.691. The molecule has 1 fully saturated rings. The summed E-state index contributed by atoms with van der Waals surface area (Å²) < 4.78 is 1.08. The first-order valence-electron chi connectivity index (χ1n) is 9.25. The van der Waals surface area contributed by atoms with E-state index in [-0.39, 0.29) is 24.1 Å². The Hall–Kier alpha value is -3.26. The Kier molecular flexibility index (Phi) is 5.02. The predicted molar refractivity (Wildman–Crippen MR) is 114 cm³/mol. The average Bonchev–Trinajstić information content (AvgIpc) is 3.24. The molecule has 0 saturated carbocycles. The Labute approximate surface area is 171 Å². The zero-order valence-electron chi connectivity index (χ0n) is 16.1. The molecule has 148 valence electrons. The second-order valence-electron chi connectivity index (χ2n) is 7.04. The van der Waals surface area contributed by atoms with E-state index >= 15 is 0 Å². The summed E-state index contributed by atoms with van der Waals surface area (Å²) in [6.45, 7) is 3.73. The molecule has 1 atom stereocenters. The highest BCUT2D eigenvalue weighted by atomic mass is 32.1. The third kappa shape index (κ3) is 4.12. The van der Waals surface area contributed by atoms with E-state index in [0.29, 0.717) is 17.9 Å². The molecule has 1 aliphatic heterocycles. The van der Waals surface area contributed by atoms with Crippen LogP contribution in [0.15, 0.2) is 42.5 Å². The molecule has 2 N–H and O–H groups in total. The molecule has 3 amide bonds. The Balaban J connectivity index is 1.43. The molecular weight excluding hydrogens is 388 g/mol. The lowest BCUT2D eigenvalue weighted by Gasteiger charge is -2.17. The minimum atomic E-state index is -0.426. The molecule has 0 radical (unpaired) electrons. The molecule has 1 saturated heterocycles. The van der Waals surface area contributed by atoms with Gasteiger partial charge in [-0.15, -0.1) is 11.3 Å². The fourth-order valence-electron chi connectivity index (χ4n) is 3.42. The van der Waals surface area contributed by atoms with Gasteiger partial charge in [-0.25, -0.2) is 4.98 Å². The number of carbonyl (C=O) groups excluding carboxylic acids is 3. The molecule has 1 aliphatic rings. The highest BCUT2D eigenvalue weighted by molar-refractivity contribution is 7.18. The summed E-state index contributed by atoms with van der Waals surface area (Å²) in [6.07, 6.45) is 0.171. The topological polar surface area (TPSA) is 91.4 Å². The van der Waals surface area contributed by atoms with Crippen LogP contribution in [0.3, 0.4) is 0 Å². The van der Waals surface area contributed by atoms with Crippen molar-refractivity contribution in [1.29, 1.82) is 0 Å². The second-order valence-corrected chi connectivity index (χ2v) is 8.27. The predicted octanol–water partition coefficient (Wildman–Crippen LogP) is 3.55. The second kappa shape index (κ2) is 7.63. The number of thiazole rings is 1. The summed E-state index contributed by atoms with van der Waals surface area (Å²) in [6, 6.07) is 12.6. The Morgan fingerprint density at radius 3 is 2.48 bits per heavy atom. The summed E-state index contributed by atoms with van der Waals surface area (Å²) in [7, 11) is 0. The Morgan fingerprint density at radius 2 is 1.79 bits per heavy atom. The van der Waals surface area contributed by atoms with Crippen molar-refractivity contribution in [2.45, 2.75) is 20.3 Å². The fourth-order valence-corrected chi connectivity index (χ4v) is 4.22. The molecule has 29 heavy (non-hydrogen) atoms. The van der Waals surface area contributed by atoms with Crippen molar-refractivity contribution in [1.82, 2.24) is 4.98 Å². The van der Waals surface area contributed by atoms with E-state index in [4.69, 9.17) is 0 Å². The van der Waals surface area contributed by atoms with Crippen LogP contribution in [0.4, 0.5) is 17.1 Å². The van der Waals surface area contributed by atoms with Crippen LogP contribution in [0, 0.1) is 12.8 Å².